The topological polar surface area (TPSA) is 149 Å². The number of hydrogen-bond donors (Lipinski definition) is 6. The van der Waals surface area contributed by atoms with Crippen LogP contribution in [-0.4, -0.2) is 87.5 Å². The lowest BCUT2D eigenvalue weighted by Gasteiger charge is -2.40. The van der Waals surface area contributed by atoms with E-state index in [0.717, 1.165) is 89.9 Å². The molecule has 9 heteroatoms. The van der Waals surface area contributed by atoms with Crippen LogP contribution in [0, 0.1) is 0 Å². The monoisotopic (exact) mass is 1010 g/mol. The van der Waals surface area contributed by atoms with Crippen LogP contribution in [0.4, 0.5) is 0 Å². The Morgan fingerprint density at radius 3 is 1.28 bits per heavy atom. The highest BCUT2D eigenvalue weighted by atomic mass is 16.7. The van der Waals surface area contributed by atoms with Crippen molar-refractivity contribution in [1.82, 2.24) is 5.32 Å². The fraction of sp³-hybridized carbons (Fsp3) is 0.762. The molecule has 1 amide bonds. The summed E-state index contributed by atoms with van der Waals surface area (Å²) in [4.78, 5) is 13.1. The van der Waals surface area contributed by atoms with Gasteiger partial charge in [-0.3, -0.25) is 4.79 Å². The Morgan fingerprint density at radius 2 is 0.861 bits per heavy atom. The van der Waals surface area contributed by atoms with Gasteiger partial charge in [-0.15, -0.1) is 0 Å². The van der Waals surface area contributed by atoms with Gasteiger partial charge in [0.1, 0.15) is 24.4 Å². The van der Waals surface area contributed by atoms with Gasteiger partial charge in [-0.05, 0) is 70.6 Å². The fourth-order valence-corrected chi connectivity index (χ4v) is 9.08. The molecule has 0 radical (unpaired) electrons. The molecule has 0 aromatic rings. The molecule has 416 valence electrons. The smallest absolute Gasteiger partial charge is 0.220 e. The molecule has 1 rings (SSSR count). The number of ether oxygens (including phenoxy) is 2. The average Bonchev–Trinajstić information content (AvgIpc) is 3.38. The highest BCUT2D eigenvalue weighted by Crippen LogP contribution is 2.23. The summed E-state index contributed by atoms with van der Waals surface area (Å²) in [5, 5.41) is 54.7. The molecular weight excluding hydrogens is 899 g/mol. The quantitative estimate of drug-likeness (QED) is 0.0261. The number of carbonyl (C=O) groups excluding carboxylic acids is 1. The zero-order valence-electron chi connectivity index (χ0n) is 46.2. The molecule has 0 saturated carbocycles. The molecule has 1 heterocycles. The van der Waals surface area contributed by atoms with E-state index in [0.29, 0.717) is 12.8 Å². The molecule has 0 bridgehead atoms. The Bertz CT molecular complexity index is 1400. The summed E-state index contributed by atoms with van der Waals surface area (Å²) >= 11 is 0. The summed E-state index contributed by atoms with van der Waals surface area (Å²) in [5.74, 6) is -0.149. The van der Waals surface area contributed by atoms with Crippen molar-refractivity contribution >= 4 is 5.91 Å². The predicted octanol–water partition coefficient (Wildman–Crippen LogP) is 15.0. The predicted molar refractivity (Wildman–Crippen MR) is 304 cm³/mol. The van der Waals surface area contributed by atoms with Crippen LogP contribution in [-0.2, 0) is 14.3 Å². The third-order valence-corrected chi connectivity index (χ3v) is 13.8. The van der Waals surface area contributed by atoms with Crippen LogP contribution in [0.25, 0.3) is 0 Å². The van der Waals surface area contributed by atoms with Crippen LogP contribution in [0.2, 0.25) is 0 Å². The number of aliphatic hydroxyl groups is 5. The van der Waals surface area contributed by atoms with Gasteiger partial charge < -0.3 is 40.3 Å². The van der Waals surface area contributed by atoms with Gasteiger partial charge in [0, 0.05) is 6.42 Å². The highest BCUT2D eigenvalue weighted by molar-refractivity contribution is 5.76. The van der Waals surface area contributed by atoms with E-state index in [-0.39, 0.29) is 12.5 Å². The number of carbonyl (C=O) groups is 1. The van der Waals surface area contributed by atoms with Crippen LogP contribution in [0.3, 0.4) is 0 Å². The second-order valence-electron chi connectivity index (χ2n) is 20.4. The van der Waals surface area contributed by atoms with E-state index in [9.17, 15) is 30.3 Å². The van der Waals surface area contributed by atoms with Crippen LogP contribution in [0.1, 0.15) is 251 Å². The molecule has 0 aromatic heterocycles. The van der Waals surface area contributed by atoms with Gasteiger partial charge in [-0.1, -0.05) is 259 Å². The van der Waals surface area contributed by atoms with Gasteiger partial charge in [-0.25, -0.2) is 0 Å². The Hall–Kier alpha value is -2.63. The molecule has 7 unspecified atom stereocenters. The number of allylic oxidation sites excluding steroid dienone is 14. The second-order valence-corrected chi connectivity index (χ2v) is 20.4. The van der Waals surface area contributed by atoms with Crippen molar-refractivity contribution in [3.05, 3.63) is 85.1 Å². The van der Waals surface area contributed by atoms with Gasteiger partial charge in [0.2, 0.25) is 5.91 Å². The number of amides is 1. The van der Waals surface area contributed by atoms with Gasteiger partial charge in [0.05, 0.1) is 25.4 Å². The first-order chi connectivity index (χ1) is 35.3. The third kappa shape index (κ3) is 40.7. The number of rotatable bonds is 50. The minimum atomic E-state index is -1.56. The van der Waals surface area contributed by atoms with Gasteiger partial charge >= 0.3 is 0 Å². The van der Waals surface area contributed by atoms with Crippen molar-refractivity contribution in [1.29, 1.82) is 0 Å². The summed E-state index contributed by atoms with van der Waals surface area (Å²) in [6, 6.07) is -0.725. The Kier molecular flexibility index (Phi) is 48.5. The van der Waals surface area contributed by atoms with E-state index < -0.39 is 49.5 Å². The lowest BCUT2D eigenvalue weighted by molar-refractivity contribution is -0.302. The standard InChI is InChI=1S/C63H111NO8/c1-3-5-7-9-11-13-15-17-19-21-22-23-24-25-26-27-28-29-30-31-32-33-34-35-36-37-39-41-43-45-47-49-51-53-59(67)64-56(55-71-63-62(70)61(69)60(68)58(54-65)72-63)57(66)52-50-48-46-44-42-40-38-20-18-16-14-12-10-8-6-4-2/h5,7,11,13,17,19,22-23,25-26,28-29,31-32,56-58,60-63,65-66,68-70H,3-4,6,8-10,12,14-16,18,20-21,24,27,30,33-55H2,1-2H3,(H,64,67)/b7-5-,13-11-,19-17-,23-22-,26-25-,29-28-,32-31-. The minimum Gasteiger partial charge on any atom is -0.394 e. The molecule has 0 aliphatic carbocycles. The van der Waals surface area contributed by atoms with Crippen molar-refractivity contribution in [2.45, 2.75) is 294 Å². The maximum atomic E-state index is 13.1. The molecule has 0 spiro atoms. The molecular formula is C63H111NO8. The van der Waals surface area contributed by atoms with Gasteiger partial charge in [-0.2, -0.15) is 0 Å². The van der Waals surface area contributed by atoms with E-state index in [1.54, 1.807) is 0 Å². The van der Waals surface area contributed by atoms with Crippen molar-refractivity contribution in [3.63, 3.8) is 0 Å². The van der Waals surface area contributed by atoms with Gasteiger partial charge in [0.25, 0.3) is 0 Å². The van der Waals surface area contributed by atoms with Crippen molar-refractivity contribution in [3.8, 4) is 0 Å². The number of aliphatic hydroxyl groups excluding tert-OH is 5. The fourth-order valence-electron chi connectivity index (χ4n) is 9.08. The van der Waals surface area contributed by atoms with Crippen molar-refractivity contribution in [2.75, 3.05) is 13.2 Å². The first-order valence-corrected chi connectivity index (χ1v) is 29.8. The molecule has 1 aliphatic rings. The summed E-state index contributed by atoms with van der Waals surface area (Å²) in [7, 11) is 0. The molecule has 0 aromatic carbocycles. The molecule has 6 N–H and O–H groups in total. The van der Waals surface area contributed by atoms with E-state index in [4.69, 9.17) is 9.47 Å². The van der Waals surface area contributed by atoms with Gasteiger partial charge in [0.15, 0.2) is 6.29 Å². The van der Waals surface area contributed by atoms with Crippen LogP contribution in [0.5, 0.6) is 0 Å². The molecule has 1 aliphatic heterocycles. The van der Waals surface area contributed by atoms with Crippen LogP contribution in [0.15, 0.2) is 85.1 Å². The Morgan fingerprint density at radius 1 is 0.486 bits per heavy atom. The first kappa shape index (κ1) is 67.4. The molecule has 1 fully saturated rings. The maximum absolute atomic E-state index is 13.1. The number of unbranched alkanes of at least 4 members (excludes halogenated alkanes) is 26. The Labute approximate surface area is 441 Å². The largest absolute Gasteiger partial charge is 0.394 e. The first-order valence-electron chi connectivity index (χ1n) is 29.8. The van der Waals surface area contributed by atoms with E-state index in [2.05, 4.69) is 104 Å². The van der Waals surface area contributed by atoms with E-state index in [1.807, 2.05) is 0 Å². The zero-order chi connectivity index (χ0) is 52.2. The summed E-state index contributed by atoms with van der Waals surface area (Å²) in [6.07, 6.45) is 66.1. The van der Waals surface area contributed by atoms with Crippen molar-refractivity contribution < 1.29 is 39.8 Å². The molecule has 1 saturated heterocycles. The van der Waals surface area contributed by atoms with Crippen molar-refractivity contribution in [2.24, 2.45) is 0 Å². The maximum Gasteiger partial charge on any atom is 0.220 e. The Balaban J connectivity index is 2.17. The molecule has 72 heavy (non-hydrogen) atoms. The SMILES string of the molecule is CC/C=C\C/C=C\C/C=C\C/C=C\C/C=C\C/C=C\C/C=C\CCCCCCCCCCCCCC(=O)NC(COC1OC(CO)C(O)C(O)C1O)C(O)CCCCCCCCCCCCCCCCCC. The molecule has 7 atom stereocenters. The minimum absolute atomic E-state index is 0.142. The lowest BCUT2D eigenvalue weighted by Crippen LogP contribution is -2.60. The third-order valence-electron chi connectivity index (χ3n) is 13.8. The average molecular weight is 1010 g/mol. The van der Waals surface area contributed by atoms with Crippen LogP contribution >= 0.6 is 0 Å². The van der Waals surface area contributed by atoms with E-state index in [1.165, 1.54) is 135 Å². The number of hydrogen-bond acceptors (Lipinski definition) is 8. The normalized spacial score (nSPS) is 19.8. The molecule has 9 nitrogen and oxygen atoms in total. The van der Waals surface area contributed by atoms with Crippen LogP contribution < -0.4 is 5.32 Å². The number of nitrogens with one attached hydrogen (secondary N) is 1. The second kappa shape index (κ2) is 51.8. The summed E-state index contributed by atoms with van der Waals surface area (Å²) < 4.78 is 11.3. The summed E-state index contributed by atoms with van der Waals surface area (Å²) in [5.41, 5.74) is 0. The highest BCUT2D eigenvalue weighted by Gasteiger charge is 2.44. The summed E-state index contributed by atoms with van der Waals surface area (Å²) in [6.45, 7) is 3.73. The lowest BCUT2D eigenvalue weighted by atomic mass is 9.99. The van der Waals surface area contributed by atoms with E-state index >= 15 is 0 Å². The zero-order valence-corrected chi connectivity index (χ0v) is 46.2.